The van der Waals surface area contributed by atoms with Crippen molar-refractivity contribution in [3.63, 3.8) is 0 Å². The van der Waals surface area contributed by atoms with E-state index in [1.807, 2.05) is 13.0 Å². The Morgan fingerprint density at radius 3 is 2.46 bits per heavy atom. The van der Waals surface area contributed by atoms with Gasteiger partial charge < -0.3 is 10.2 Å². The Kier molecular flexibility index (Phi) is 6.16. The molecule has 1 unspecified atom stereocenters. The van der Waals surface area contributed by atoms with Crippen molar-refractivity contribution in [1.29, 1.82) is 0 Å². The number of rotatable bonds is 5. The number of anilines is 1. The summed E-state index contributed by atoms with van der Waals surface area (Å²) in [5, 5.41) is 3.11. The molecule has 0 aromatic carbocycles. The van der Waals surface area contributed by atoms with Gasteiger partial charge in [0.2, 0.25) is 0 Å². The van der Waals surface area contributed by atoms with E-state index in [1.165, 1.54) is 25.7 Å². The van der Waals surface area contributed by atoms with Gasteiger partial charge in [0.15, 0.2) is 9.84 Å². The number of sulfone groups is 1. The second kappa shape index (κ2) is 8.37. The summed E-state index contributed by atoms with van der Waals surface area (Å²) in [6.07, 6.45) is 9.29. The molecule has 1 aromatic rings. The Hall–Kier alpha value is -1.63. The maximum atomic E-state index is 12.5. The smallest absolute Gasteiger partial charge is 0.270 e. The molecular weight excluding hydrogens is 350 g/mol. The van der Waals surface area contributed by atoms with Crippen molar-refractivity contribution >= 4 is 21.4 Å². The summed E-state index contributed by atoms with van der Waals surface area (Å²) in [4.78, 5) is 18.9. The van der Waals surface area contributed by atoms with Crippen molar-refractivity contribution in [3.05, 3.63) is 24.0 Å². The first-order valence-corrected chi connectivity index (χ1v) is 11.5. The zero-order valence-corrected chi connectivity index (χ0v) is 16.3. The Balaban J connectivity index is 1.64. The molecule has 3 rings (SSSR count). The largest absolute Gasteiger partial charge is 0.367 e. The van der Waals surface area contributed by atoms with Gasteiger partial charge in [0.05, 0.1) is 23.4 Å². The molecule has 144 valence electrons. The van der Waals surface area contributed by atoms with Crippen LogP contribution in [0.3, 0.4) is 0 Å². The Morgan fingerprint density at radius 1 is 1.19 bits per heavy atom. The van der Waals surface area contributed by atoms with Gasteiger partial charge in [-0.15, -0.1) is 0 Å². The fourth-order valence-corrected chi connectivity index (χ4v) is 5.78. The van der Waals surface area contributed by atoms with Crippen LogP contribution in [0.15, 0.2) is 18.3 Å². The molecule has 1 aliphatic carbocycles. The van der Waals surface area contributed by atoms with Crippen molar-refractivity contribution in [2.75, 3.05) is 23.0 Å². The van der Waals surface area contributed by atoms with E-state index in [0.717, 1.165) is 25.1 Å². The molecule has 7 heteroatoms. The number of carbonyl (C=O) groups is 1. The van der Waals surface area contributed by atoms with Crippen LogP contribution in [0.4, 0.5) is 5.69 Å². The van der Waals surface area contributed by atoms with Crippen molar-refractivity contribution in [2.24, 2.45) is 0 Å². The van der Waals surface area contributed by atoms with Crippen LogP contribution >= 0.6 is 0 Å². The Labute approximate surface area is 156 Å². The average Bonchev–Trinajstić information content (AvgIpc) is 2.82. The number of hydrogen-bond acceptors (Lipinski definition) is 5. The van der Waals surface area contributed by atoms with Crippen LogP contribution in [-0.4, -0.2) is 49.4 Å². The molecule has 1 N–H and O–H groups in total. The number of nitrogens with zero attached hydrogens (tertiary/aromatic N) is 2. The number of pyridine rings is 1. The molecule has 2 fully saturated rings. The van der Waals surface area contributed by atoms with E-state index in [9.17, 15) is 13.2 Å². The van der Waals surface area contributed by atoms with Gasteiger partial charge in [0.25, 0.3) is 5.91 Å². The average molecular weight is 380 g/mol. The van der Waals surface area contributed by atoms with E-state index < -0.39 is 9.84 Å². The quantitative estimate of drug-likeness (QED) is 0.796. The normalized spacial score (nSPS) is 23.3. The van der Waals surface area contributed by atoms with E-state index in [1.54, 1.807) is 12.3 Å². The molecular formula is C19H29N3O3S. The third-order valence-electron chi connectivity index (χ3n) is 5.49. The third kappa shape index (κ3) is 4.75. The van der Waals surface area contributed by atoms with Gasteiger partial charge in [-0.3, -0.25) is 4.79 Å². The topological polar surface area (TPSA) is 79.4 Å². The molecule has 0 bridgehead atoms. The lowest BCUT2D eigenvalue weighted by Crippen LogP contribution is -2.37. The molecule has 6 nitrogen and oxygen atoms in total. The summed E-state index contributed by atoms with van der Waals surface area (Å²) in [5.41, 5.74) is 1.30. The van der Waals surface area contributed by atoms with Crippen molar-refractivity contribution in [3.8, 4) is 0 Å². The van der Waals surface area contributed by atoms with Gasteiger partial charge in [-0.25, -0.2) is 13.4 Å². The highest BCUT2D eigenvalue weighted by atomic mass is 32.2. The van der Waals surface area contributed by atoms with Crippen LogP contribution in [0.5, 0.6) is 0 Å². The predicted octanol–water partition coefficient (Wildman–Crippen LogP) is 2.55. The van der Waals surface area contributed by atoms with E-state index in [-0.39, 0.29) is 29.5 Å². The lowest BCUT2D eigenvalue weighted by molar-refractivity contribution is 0.0928. The molecule has 2 heterocycles. The SMILES string of the molecule is CCN(c1ccc(C(=O)NC2CCCCCC2)nc1)C1CCS(=O)(=O)C1. The third-order valence-corrected chi connectivity index (χ3v) is 7.24. The molecule has 1 amide bonds. The molecule has 0 spiro atoms. The number of aromatic nitrogens is 1. The molecule has 26 heavy (non-hydrogen) atoms. The maximum absolute atomic E-state index is 12.5. The van der Waals surface area contributed by atoms with Crippen LogP contribution in [0.1, 0.15) is 62.4 Å². The van der Waals surface area contributed by atoms with E-state index in [2.05, 4.69) is 15.2 Å². The van der Waals surface area contributed by atoms with Crippen LogP contribution in [0.2, 0.25) is 0 Å². The second-order valence-electron chi connectivity index (χ2n) is 7.41. The number of nitrogens with one attached hydrogen (secondary N) is 1. The maximum Gasteiger partial charge on any atom is 0.270 e. The van der Waals surface area contributed by atoms with Crippen LogP contribution in [0, 0.1) is 0 Å². The predicted molar refractivity (Wildman–Crippen MR) is 103 cm³/mol. The van der Waals surface area contributed by atoms with Gasteiger partial charge in [0.1, 0.15) is 5.69 Å². The fourth-order valence-electron chi connectivity index (χ4n) is 4.05. The zero-order valence-electron chi connectivity index (χ0n) is 15.5. The van der Waals surface area contributed by atoms with E-state index in [0.29, 0.717) is 12.1 Å². The van der Waals surface area contributed by atoms with Gasteiger partial charge >= 0.3 is 0 Å². The molecule has 1 saturated carbocycles. The molecule has 0 radical (unpaired) electrons. The highest BCUT2D eigenvalue weighted by Gasteiger charge is 2.32. The van der Waals surface area contributed by atoms with Crippen molar-refractivity contribution in [2.45, 2.75) is 64.0 Å². The standard InChI is InChI=1S/C19H29N3O3S/c1-2-22(17-11-12-26(24,25)14-17)16-9-10-18(20-13-16)19(23)21-15-7-5-3-4-6-8-15/h9-10,13,15,17H,2-8,11-12,14H2,1H3,(H,21,23). The van der Waals surface area contributed by atoms with Crippen molar-refractivity contribution in [1.82, 2.24) is 10.3 Å². The van der Waals surface area contributed by atoms with Gasteiger partial charge in [-0.05, 0) is 38.3 Å². The van der Waals surface area contributed by atoms with Crippen LogP contribution in [-0.2, 0) is 9.84 Å². The van der Waals surface area contributed by atoms with Gasteiger partial charge in [-0.2, -0.15) is 0 Å². The summed E-state index contributed by atoms with van der Waals surface area (Å²) >= 11 is 0. The first kappa shape index (κ1) is 19.1. The lowest BCUT2D eigenvalue weighted by atomic mass is 10.1. The highest BCUT2D eigenvalue weighted by molar-refractivity contribution is 7.91. The minimum Gasteiger partial charge on any atom is -0.367 e. The van der Waals surface area contributed by atoms with E-state index >= 15 is 0 Å². The zero-order chi connectivity index (χ0) is 18.6. The fraction of sp³-hybridized carbons (Fsp3) is 0.684. The number of amides is 1. The molecule has 1 aliphatic heterocycles. The summed E-state index contributed by atoms with van der Waals surface area (Å²) in [7, 11) is -2.93. The molecule has 2 aliphatic rings. The minimum absolute atomic E-state index is 0.00235. The van der Waals surface area contributed by atoms with Gasteiger partial charge in [-0.1, -0.05) is 25.7 Å². The van der Waals surface area contributed by atoms with Crippen molar-refractivity contribution < 1.29 is 13.2 Å². The van der Waals surface area contributed by atoms with E-state index in [4.69, 9.17) is 0 Å². The van der Waals surface area contributed by atoms with Gasteiger partial charge in [0, 0.05) is 18.6 Å². The van der Waals surface area contributed by atoms with Crippen LogP contribution in [0.25, 0.3) is 0 Å². The number of hydrogen-bond donors (Lipinski definition) is 1. The Morgan fingerprint density at radius 2 is 1.92 bits per heavy atom. The van der Waals surface area contributed by atoms with Crippen LogP contribution < -0.4 is 10.2 Å². The summed E-state index contributed by atoms with van der Waals surface area (Å²) in [6.45, 7) is 2.73. The summed E-state index contributed by atoms with van der Waals surface area (Å²) in [6, 6.07) is 3.87. The second-order valence-corrected chi connectivity index (χ2v) is 9.64. The molecule has 1 aromatic heterocycles. The minimum atomic E-state index is -2.93. The monoisotopic (exact) mass is 379 g/mol. The number of carbonyl (C=O) groups excluding carboxylic acids is 1. The highest BCUT2D eigenvalue weighted by Crippen LogP contribution is 2.24. The molecule has 1 atom stereocenters. The first-order chi connectivity index (χ1) is 12.5. The summed E-state index contributed by atoms with van der Waals surface area (Å²) < 4.78 is 23.5. The summed E-state index contributed by atoms with van der Waals surface area (Å²) in [5.74, 6) is 0.337. The first-order valence-electron chi connectivity index (χ1n) is 9.72. The Bertz CT molecular complexity index is 710. The molecule has 1 saturated heterocycles. The lowest BCUT2D eigenvalue weighted by Gasteiger charge is -2.28.